The summed E-state index contributed by atoms with van der Waals surface area (Å²) >= 11 is 3.34. The molecule has 2 rings (SSSR count). The molecule has 1 aromatic carbocycles. The Morgan fingerprint density at radius 3 is 2.18 bits per heavy atom. The molecule has 122 valence electrons. The van der Waals surface area contributed by atoms with Crippen molar-refractivity contribution < 1.29 is 4.43 Å². The standard InChI is InChI=1S/C18H29NOSeSi/c1-14-8-10-16(11-9-14)17(20-22(3,4)5)15(2)18(21)19-12-6-7-13-19/h8-11,15,17H,6-7,12-13H2,1-5H3. The van der Waals surface area contributed by atoms with Gasteiger partial charge in [0.25, 0.3) is 0 Å². The van der Waals surface area contributed by atoms with E-state index in [2.05, 4.69) is 78.2 Å². The van der Waals surface area contributed by atoms with Crippen molar-refractivity contribution in [3.05, 3.63) is 35.4 Å². The molecule has 0 aromatic heterocycles. The minimum absolute atomic E-state index is 0.143. The summed E-state index contributed by atoms with van der Waals surface area (Å²) in [7, 11) is -1.61. The number of hydrogen-bond donors (Lipinski definition) is 0. The van der Waals surface area contributed by atoms with Crippen molar-refractivity contribution in [2.24, 2.45) is 5.92 Å². The van der Waals surface area contributed by atoms with E-state index in [0.29, 0.717) is 5.92 Å². The molecule has 0 aliphatic carbocycles. The molecule has 1 aromatic rings. The summed E-state index contributed by atoms with van der Waals surface area (Å²) in [6.07, 6.45) is 2.76. The van der Waals surface area contributed by atoms with Gasteiger partial charge in [-0.15, -0.1) is 0 Å². The Balaban J connectivity index is 2.22. The molecule has 0 spiro atoms. The van der Waals surface area contributed by atoms with Crippen LogP contribution in [0.3, 0.4) is 0 Å². The molecule has 0 saturated carbocycles. The molecule has 1 heterocycles. The van der Waals surface area contributed by atoms with Crippen LogP contribution in [0.15, 0.2) is 24.3 Å². The minimum atomic E-state index is -1.61. The van der Waals surface area contributed by atoms with E-state index in [4.69, 9.17) is 4.43 Å². The number of nitrogens with zero attached hydrogens (tertiary/aromatic N) is 1. The van der Waals surface area contributed by atoms with E-state index in [1.807, 2.05) is 0 Å². The number of likely N-dealkylation sites (tertiary alicyclic amines) is 1. The van der Waals surface area contributed by atoms with Gasteiger partial charge in [0.1, 0.15) is 0 Å². The van der Waals surface area contributed by atoms with E-state index in [9.17, 15) is 0 Å². The summed E-state index contributed by atoms with van der Waals surface area (Å²) in [5.41, 5.74) is 2.60. The Morgan fingerprint density at radius 2 is 1.68 bits per heavy atom. The van der Waals surface area contributed by atoms with Gasteiger partial charge in [-0.3, -0.25) is 0 Å². The molecule has 2 atom stereocenters. The van der Waals surface area contributed by atoms with Crippen LogP contribution >= 0.6 is 0 Å². The van der Waals surface area contributed by atoms with Crippen molar-refractivity contribution in [2.75, 3.05) is 13.1 Å². The third-order valence-corrected chi connectivity index (χ3v) is 6.43. The summed E-state index contributed by atoms with van der Waals surface area (Å²) in [5.74, 6) is 0.368. The Bertz CT molecular complexity index is 503. The van der Waals surface area contributed by atoms with Crippen LogP contribution in [-0.4, -0.2) is 46.4 Å². The number of rotatable bonds is 6. The van der Waals surface area contributed by atoms with Gasteiger partial charge >= 0.3 is 145 Å². The molecular formula is C18H29NOSeSi. The zero-order valence-electron chi connectivity index (χ0n) is 14.6. The van der Waals surface area contributed by atoms with E-state index in [1.54, 1.807) is 0 Å². The fraction of sp³-hybridized carbons (Fsp3) is 0.611. The van der Waals surface area contributed by atoms with Crippen molar-refractivity contribution in [1.29, 1.82) is 0 Å². The Kier molecular flexibility index (Phi) is 6.06. The molecule has 0 bridgehead atoms. The number of aryl methyl sites for hydroxylation is 1. The summed E-state index contributed by atoms with van der Waals surface area (Å²) < 4.78 is 7.94. The second-order valence-corrected chi connectivity index (χ2v) is 12.7. The van der Waals surface area contributed by atoms with E-state index in [-0.39, 0.29) is 6.10 Å². The first-order chi connectivity index (χ1) is 10.3. The first kappa shape index (κ1) is 17.9. The SMILES string of the molecule is Cc1ccc(C(O[Si](C)(C)C)C(C)C(=[Se])N2CCCC2)cc1. The molecule has 1 fully saturated rings. The maximum atomic E-state index is 6.58. The van der Waals surface area contributed by atoms with E-state index in [1.165, 1.54) is 41.6 Å². The summed E-state index contributed by atoms with van der Waals surface area (Å²) in [6, 6.07) is 8.84. The Morgan fingerprint density at radius 1 is 1.14 bits per heavy atom. The number of hydrogen-bond acceptors (Lipinski definition) is 2. The second kappa shape index (κ2) is 7.44. The fourth-order valence-corrected chi connectivity index (χ4v) is 4.70. The summed E-state index contributed by atoms with van der Waals surface area (Å²) in [6.45, 7) is 13.6. The van der Waals surface area contributed by atoms with Crippen LogP contribution in [0.25, 0.3) is 0 Å². The predicted octanol–water partition coefficient (Wildman–Crippen LogP) is 3.92. The Labute approximate surface area is 144 Å². The van der Waals surface area contributed by atoms with Gasteiger partial charge in [-0.2, -0.15) is 0 Å². The van der Waals surface area contributed by atoms with Crippen LogP contribution in [0.5, 0.6) is 0 Å². The third-order valence-electron chi connectivity index (χ3n) is 4.15. The van der Waals surface area contributed by atoms with Gasteiger partial charge in [-0.1, -0.05) is 0 Å². The van der Waals surface area contributed by atoms with Crippen molar-refractivity contribution in [1.82, 2.24) is 4.90 Å². The first-order valence-electron chi connectivity index (χ1n) is 8.31. The molecule has 4 heteroatoms. The van der Waals surface area contributed by atoms with Gasteiger partial charge in [-0.05, 0) is 0 Å². The predicted molar refractivity (Wildman–Crippen MR) is 99.1 cm³/mol. The van der Waals surface area contributed by atoms with Crippen molar-refractivity contribution in [3.63, 3.8) is 0 Å². The van der Waals surface area contributed by atoms with Gasteiger partial charge in [0.05, 0.1) is 0 Å². The molecular weight excluding hydrogens is 353 g/mol. The van der Waals surface area contributed by atoms with Crippen LogP contribution in [0.1, 0.15) is 37.0 Å². The molecule has 0 radical (unpaired) electrons. The molecule has 22 heavy (non-hydrogen) atoms. The quantitative estimate of drug-likeness (QED) is 0.692. The normalized spacial score (nSPS) is 18.3. The molecule has 2 unspecified atom stereocenters. The van der Waals surface area contributed by atoms with Gasteiger partial charge in [0.15, 0.2) is 0 Å². The maximum absolute atomic E-state index is 6.58. The molecule has 2 nitrogen and oxygen atoms in total. The average Bonchev–Trinajstić information content (AvgIpc) is 2.97. The topological polar surface area (TPSA) is 12.5 Å². The zero-order chi connectivity index (χ0) is 16.3. The van der Waals surface area contributed by atoms with Crippen LogP contribution in [0, 0.1) is 12.8 Å². The Hall–Kier alpha value is -0.414. The number of benzene rings is 1. The first-order valence-corrected chi connectivity index (χ1v) is 12.6. The molecule has 0 amide bonds. The van der Waals surface area contributed by atoms with E-state index in [0.717, 1.165) is 0 Å². The van der Waals surface area contributed by atoms with E-state index < -0.39 is 8.32 Å². The van der Waals surface area contributed by atoms with Crippen molar-refractivity contribution in [3.8, 4) is 0 Å². The average molecular weight is 382 g/mol. The fourth-order valence-electron chi connectivity index (χ4n) is 2.95. The van der Waals surface area contributed by atoms with Crippen LogP contribution in [0.2, 0.25) is 19.6 Å². The second-order valence-electron chi connectivity index (χ2n) is 7.38. The summed E-state index contributed by atoms with van der Waals surface area (Å²) in [4.78, 5) is 2.50. The molecule has 1 aliphatic rings. The van der Waals surface area contributed by atoms with Gasteiger partial charge in [0.2, 0.25) is 0 Å². The molecule has 0 N–H and O–H groups in total. The van der Waals surface area contributed by atoms with E-state index >= 15 is 0 Å². The molecule has 1 saturated heterocycles. The van der Waals surface area contributed by atoms with Crippen molar-refractivity contribution >= 4 is 28.4 Å². The summed E-state index contributed by atoms with van der Waals surface area (Å²) in [5, 5.41) is 0. The zero-order valence-corrected chi connectivity index (χ0v) is 17.3. The van der Waals surface area contributed by atoms with Crippen LogP contribution < -0.4 is 0 Å². The monoisotopic (exact) mass is 383 g/mol. The van der Waals surface area contributed by atoms with Gasteiger partial charge in [-0.25, -0.2) is 0 Å². The van der Waals surface area contributed by atoms with Crippen molar-refractivity contribution in [2.45, 2.75) is 52.4 Å². The third kappa shape index (κ3) is 4.79. The van der Waals surface area contributed by atoms with Crippen LogP contribution in [0.4, 0.5) is 0 Å². The van der Waals surface area contributed by atoms with Gasteiger partial charge in [0, 0.05) is 0 Å². The van der Waals surface area contributed by atoms with Crippen LogP contribution in [-0.2, 0) is 4.43 Å². The molecule has 1 aliphatic heterocycles. The van der Waals surface area contributed by atoms with Gasteiger partial charge < -0.3 is 0 Å².